The fourth-order valence-corrected chi connectivity index (χ4v) is 1.23. The van der Waals surface area contributed by atoms with Crippen LogP contribution in [0.5, 0.6) is 17.8 Å². The molecule has 18 heavy (non-hydrogen) atoms. The summed E-state index contributed by atoms with van der Waals surface area (Å²) >= 11 is 3.22. The van der Waals surface area contributed by atoms with E-state index in [4.69, 9.17) is 14.6 Å². The van der Waals surface area contributed by atoms with Crippen LogP contribution in [0.25, 0.3) is 0 Å². The summed E-state index contributed by atoms with van der Waals surface area (Å²) < 4.78 is 11.1. The molecule has 1 N–H and O–H groups in total. The zero-order valence-electron chi connectivity index (χ0n) is 9.15. The molecular weight excluding hydrogens is 304 g/mol. The fraction of sp³-hybridized carbons (Fsp3) is 0.200. The van der Waals surface area contributed by atoms with Crippen molar-refractivity contribution < 1.29 is 14.6 Å². The van der Waals surface area contributed by atoms with Crippen LogP contribution in [-0.2, 0) is 0 Å². The van der Waals surface area contributed by atoms with Gasteiger partial charge in [-0.25, -0.2) is 9.97 Å². The summed E-state index contributed by atoms with van der Waals surface area (Å²) in [5.41, 5.74) is 0. The van der Waals surface area contributed by atoms with Crippen LogP contribution in [0.2, 0.25) is 0 Å². The zero-order chi connectivity index (χ0) is 12.8. The predicted octanol–water partition coefficient (Wildman–Crippen LogP) is 1.19. The molecule has 2 aromatic heterocycles. The number of aliphatic hydroxyl groups excluding tert-OH is 1. The Morgan fingerprint density at radius 3 is 2.22 bits per heavy atom. The molecule has 0 aliphatic carbocycles. The molecule has 8 heteroatoms. The van der Waals surface area contributed by atoms with E-state index in [1.54, 1.807) is 12.4 Å². The molecule has 0 radical (unpaired) electrons. The smallest absolute Gasteiger partial charge is 0.322 e. The highest BCUT2D eigenvalue weighted by atomic mass is 79.9. The number of aromatic nitrogens is 4. The minimum atomic E-state index is -0.0889. The summed E-state index contributed by atoms with van der Waals surface area (Å²) in [5.74, 6) is 0.397. The lowest BCUT2D eigenvalue weighted by Crippen LogP contribution is -2.04. The highest BCUT2D eigenvalue weighted by molar-refractivity contribution is 9.10. The molecule has 7 nitrogen and oxygen atoms in total. The van der Waals surface area contributed by atoms with Gasteiger partial charge in [0.1, 0.15) is 6.61 Å². The lowest BCUT2D eigenvalue weighted by molar-refractivity contribution is 0.191. The molecule has 0 unspecified atom stereocenters. The van der Waals surface area contributed by atoms with Gasteiger partial charge < -0.3 is 14.6 Å². The first-order valence-electron chi connectivity index (χ1n) is 4.99. The van der Waals surface area contributed by atoms with Crippen molar-refractivity contribution in [1.82, 2.24) is 19.9 Å². The minimum Gasteiger partial charge on any atom is -0.461 e. The van der Waals surface area contributed by atoms with E-state index >= 15 is 0 Å². The van der Waals surface area contributed by atoms with Crippen LogP contribution in [0.15, 0.2) is 29.3 Å². The second-order valence-electron chi connectivity index (χ2n) is 3.06. The van der Waals surface area contributed by atoms with Crippen molar-refractivity contribution in [3.63, 3.8) is 0 Å². The second-order valence-corrected chi connectivity index (χ2v) is 3.98. The van der Waals surface area contributed by atoms with Gasteiger partial charge in [0, 0.05) is 12.4 Å². The van der Waals surface area contributed by atoms with Crippen molar-refractivity contribution in [3.8, 4) is 17.8 Å². The predicted molar refractivity (Wildman–Crippen MR) is 64.4 cm³/mol. The van der Waals surface area contributed by atoms with Gasteiger partial charge in [-0.05, 0) is 15.9 Å². The van der Waals surface area contributed by atoms with Gasteiger partial charge in [0.2, 0.25) is 0 Å². The quantitative estimate of drug-likeness (QED) is 0.886. The first-order chi connectivity index (χ1) is 8.78. The molecule has 0 amide bonds. The van der Waals surface area contributed by atoms with Gasteiger partial charge in [-0.2, -0.15) is 9.97 Å². The molecule has 94 valence electrons. The maximum Gasteiger partial charge on any atom is 0.322 e. The molecule has 0 saturated carbocycles. The van der Waals surface area contributed by atoms with Crippen molar-refractivity contribution >= 4 is 15.9 Å². The molecule has 0 fully saturated rings. The van der Waals surface area contributed by atoms with E-state index < -0.39 is 0 Å². The summed E-state index contributed by atoms with van der Waals surface area (Å²) in [6.45, 7) is 0.0599. The zero-order valence-corrected chi connectivity index (χ0v) is 10.7. The SMILES string of the molecule is OCCOc1ncc(Oc2ncc(Br)cn2)cn1. The van der Waals surface area contributed by atoms with Crippen LogP contribution < -0.4 is 9.47 Å². The summed E-state index contributed by atoms with van der Waals surface area (Å²) in [5, 5.41) is 8.57. The van der Waals surface area contributed by atoms with Gasteiger partial charge in [-0.1, -0.05) is 0 Å². The molecule has 2 heterocycles. The maximum atomic E-state index is 8.57. The normalized spacial score (nSPS) is 10.1. The largest absolute Gasteiger partial charge is 0.461 e. The van der Waals surface area contributed by atoms with E-state index in [0.717, 1.165) is 4.47 Å². The summed E-state index contributed by atoms with van der Waals surface area (Å²) in [7, 11) is 0. The van der Waals surface area contributed by atoms with Gasteiger partial charge >= 0.3 is 12.0 Å². The number of hydrogen-bond acceptors (Lipinski definition) is 7. The Balaban J connectivity index is 1.99. The standard InChI is InChI=1S/C10H9BrN4O3/c11-7-3-12-10(13-4-7)18-8-5-14-9(15-6-8)17-2-1-16/h3-6,16H,1-2H2. The summed E-state index contributed by atoms with van der Waals surface area (Å²) in [6.07, 6.45) is 6.01. The third-order valence-corrected chi connectivity index (χ3v) is 2.14. The van der Waals surface area contributed by atoms with E-state index in [-0.39, 0.29) is 25.2 Å². The monoisotopic (exact) mass is 312 g/mol. The van der Waals surface area contributed by atoms with Crippen LogP contribution >= 0.6 is 15.9 Å². The molecular formula is C10H9BrN4O3. The third kappa shape index (κ3) is 3.60. The van der Waals surface area contributed by atoms with Crippen LogP contribution in [-0.4, -0.2) is 38.3 Å². The Kier molecular flexibility index (Phi) is 4.37. The average Bonchev–Trinajstić information content (AvgIpc) is 2.41. The first-order valence-corrected chi connectivity index (χ1v) is 5.78. The fourth-order valence-electron chi connectivity index (χ4n) is 1.03. The van der Waals surface area contributed by atoms with E-state index in [1.165, 1.54) is 12.4 Å². The van der Waals surface area contributed by atoms with Gasteiger partial charge in [-0.3, -0.25) is 0 Å². The Hall–Kier alpha value is -1.80. The van der Waals surface area contributed by atoms with Crippen LogP contribution in [0.1, 0.15) is 0 Å². The number of halogens is 1. The molecule has 0 bridgehead atoms. The molecule has 2 rings (SSSR count). The van der Waals surface area contributed by atoms with E-state index in [2.05, 4.69) is 35.9 Å². The first kappa shape index (κ1) is 12.7. The van der Waals surface area contributed by atoms with Gasteiger partial charge in [0.15, 0.2) is 5.75 Å². The molecule has 0 aromatic carbocycles. The lowest BCUT2D eigenvalue weighted by atomic mass is 10.6. The van der Waals surface area contributed by atoms with Crippen molar-refractivity contribution in [3.05, 3.63) is 29.3 Å². The summed E-state index contributed by atoms with van der Waals surface area (Å²) in [4.78, 5) is 15.7. The number of nitrogens with zero attached hydrogens (tertiary/aromatic N) is 4. The molecule has 0 aliphatic heterocycles. The van der Waals surface area contributed by atoms with Crippen molar-refractivity contribution in [2.75, 3.05) is 13.2 Å². The highest BCUT2D eigenvalue weighted by Crippen LogP contribution is 2.17. The van der Waals surface area contributed by atoms with Crippen molar-refractivity contribution in [2.24, 2.45) is 0 Å². The number of ether oxygens (including phenoxy) is 2. The van der Waals surface area contributed by atoms with Crippen LogP contribution in [0, 0.1) is 0 Å². The molecule has 0 aliphatic rings. The summed E-state index contributed by atoms with van der Waals surface area (Å²) in [6, 6.07) is 0.374. The Morgan fingerprint density at radius 2 is 1.61 bits per heavy atom. The van der Waals surface area contributed by atoms with E-state index in [9.17, 15) is 0 Å². The topological polar surface area (TPSA) is 90.2 Å². The van der Waals surface area contributed by atoms with E-state index in [1.807, 2.05) is 0 Å². The molecule has 0 spiro atoms. The molecule has 0 saturated heterocycles. The molecule has 0 atom stereocenters. The number of hydrogen-bond donors (Lipinski definition) is 1. The lowest BCUT2D eigenvalue weighted by Gasteiger charge is -2.04. The second kappa shape index (κ2) is 6.22. The van der Waals surface area contributed by atoms with Gasteiger partial charge in [-0.15, -0.1) is 0 Å². The Labute approximate surface area is 111 Å². The van der Waals surface area contributed by atoms with Gasteiger partial charge in [0.25, 0.3) is 0 Å². The Bertz CT molecular complexity index is 491. The minimum absolute atomic E-state index is 0.0889. The highest BCUT2D eigenvalue weighted by Gasteiger charge is 2.02. The van der Waals surface area contributed by atoms with Crippen molar-refractivity contribution in [2.45, 2.75) is 0 Å². The molecule has 2 aromatic rings. The average molecular weight is 313 g/mol. The third-order valence-electron chi connectivity index (χ3n) is 1.73. The number of rotatable bonds is 5. The van der Waals surface area contributed by atoms with Crippen LogP contribution in [0.4, 0.5) is 0 Å². The van der Waals surface area contributed by atoms with Crippen molar-refractivity contribution in [1.29, 1.82) is 0 Å². The van der Waals surface area contributed by atoms with Gasteiger partial charge in [0.05, 0.1) is 23.5 Å². The Morgan fingerprint density at radius 1 is 1.00 bits per heavy atom. The number of aliphatic hydroxyl groups is 1. The maximum absolute atomic E-state index is 8.57. The van der Waals surface area contributed by atoms with E-state index in [0.29, 0.717) is 5.75 Å². The van der Waals surface area contributed by atoms with Crippen LogP contribution in [0.3, 0.4) is 0 Å².